The third kappa shape index (κ3) is 1.05. The van der Waals surface area contributed by atoms with Gasteiger partial charge < -0.3 is 0 Å². The molecule has 0 fully saturated rings. The van der Waals surface area contributed by atoms with Crippen LogP contribution >= 0.6 is 11.8 Å². The van der Waals surface area contributed by atoms with Crippen molar-refractivity contribution in [3.8, 4) is 0 Å². The van der Waals surface area contributed by atoms with Crippen molar-refractivity contribution in [2.75, 3.05) is 5.75 Å². The summed E-state index contributed by atoms with van der Waals surface area (Å²) in [6.45, 7) is 0. The van der Waals surface area contributed by atoms with Crippen molar-refractivity contribution >= 4 is 16.7 Å². The highest BCUT2D eigenvalue weighted by atomic mass is 32.2. The Bertz CT molecular complexity index is 499. The molecule has 13 heavy (non-hydrogen) atoms. The summed E-state index contributed by atoms with van der Waals surface area (Å²) in [5, 5.41) is 2.46. The Morgan fingerprint density at radius 3 is 3.15 bits per heavy atom. The molecule has 0 atom stereocenters. The van der Waals surface area contributed by atoms with Crippen LogP contribution in [0.1, 0.15) is 6.42 Å². The molecule has 1 aromatic carbocycles. The molecule has 0 unspecified atom stereocenters. The Morgan fingerprint density at radius 2 is 2.15 bits per heavy atom. The first-order valence-electron chi connectivity index (χ1n) is 4.46. The lowest BCUT2D eigenvalue weighted by molar-refractivity contribution is 1.19. The predicted molar refractivity (Wildman–Crippen MR) is 55.8 cm³/mol. The lowest BCUT2D eigenvalue weighted by atomic mass is 10.2. The zero-order chi connectivity index (χ0) is 8.67. The first-order chi connectivity index (χ1) is 6.45. The second-order valence-corrected chi connectivity index (χ2v) is 4.29. The zero-order valence-electron chi connectivity index (χ0n) is 7.16. The van der Waals surface area contributed by atoms with Gasteiger partial charge in [0.15, 0.2) is 0 Å². The number of fused-ring (bicyclic) bond motifs is 2. The summed E-state index contributed by atoms with van der Waals surface area (Å²) in [7, 11) is 0. The number of nitrogens with zero attached hydrogens (tertiary/aromatic N) is 1. The third-order valence-corrected chi connectivity index (χ3v) is 3.48. The summed E-state index contributed by atoms with van der Waals surface area (Å²) in [4.78, 5) is 5.95. The van der Waals surface area contributed by atoms with Crippen LogP contribution < -0.4 is 10.6 Å². The molecule has 64 valence electrons. The highest BCUT2D eigenvalue weighted by Crippen LogP contribution is 2.31. The molecule has 0 amide bonds. The van der Waals surface area contributed by atoms with Gasteiger partial charge in [-0.2, -0.15) is 0 Å². The maximum Gasteiger partial charge on any atom is 0.0740 e. The second-order valence-electron chi connectivity index (χ2n) is 3.18. The smallest absolute Gasteiger partial charge is 0.0740 e. The summed E-state index contributed by atoms with van der Waals surface area (Å²) in [5.74, 6) is 1.20. The van der Waals surface area contributed by atoms with E-state index in [1.54, 1.807) is 0 Å². The first-order valence-corrected chi connectivity index (χ1v) is 5.45. The topological polar surface area (TPSA) is 12.4 Å². The van der Waals surface area contributed by atoms with E-state index in [9.17, 15) is 0 Å². The first kappa shape index (κ1) is 7.39. The van der Waals surface area contributed by atoms with Gasteiger partial charge in [-0.15, -0.1) is 11.8 Å². The van der Waals surface area contributed by atoms with Crippen LogP contribution in [-0.2, 0) is 0 Å². The van der Waals surface area contributed by atoms with E-state index in [2.05, 4.69) is 29.3 Å². The lowest BCUT2D eigenvalue weighted by Gasteiger charge is -2.08. The molecule has 0 radical (unpaired) electrons. The molecule has 0 saturated carbocycles. The predicted octanol–water partition coefficient (Wildman–Crippen LogP) is 1.45. The van der Waals surface area contributed by atoms with E-state index in [0.29, 0.717) is 0 Å². The Balaban J connectivity index is 2.43. The van der Waals surface area contributed by atoms with Crippen LogP contribution in [0.4, 0.5) is 0 Å². The maximum atomic E-state index is 4.58. The van der Waals surface area contributed by atoms with Crippen molar-refractivity contribution in [1.29, 1.82) is 0 Å². The highest BCUT2D eigenvalue weighted by molar-refractivity contribution is 8.08. The van der Waals surface area contributed by atoms with E-state index in [1.807, 2.05) is 17.8 Å². The quantitative estimate of drug-likeness (QED) is 0.599. The SMILES string of the molecule is C1=C2N=c3ccccc3=C2SCC1. The van der Waals surface area contributed by atoms with Gasteiger partial charge in [-0.25, -0.2) is 4.99 Å². The Kier molecular flexibility index (Phi) is 1.56. The number of benzene rings is 1. The van der Waals surface area contributed by atoms with Crippen molar-refractivity contribution in [1.82, 2.24) is 0 Å². The molecule has 1 aromatic rings. The van der Waals surface area contributed by atoms with E-state index >= 15 is 0 Å². The number of hydrogen-bond donors (Lipinski definition) is 0. The fraction of sp³-hybridized carbons (Fsp3) is 0.182. The minimum absolute atomic E-state index is 1.14. The minimum atomic E-state index is 1.14. The van der Waals surface area contributed by atoms with Gasteiger partial charge in [0, 0.05) is 15.9 Å². The Hall–Kier alpha value is -1.02. The van der Waals surface area contributed by atoms with Crippen molar-refractivity contribution in [3.05, 3.63) is 46.6 Å². The maximum absolute atomic E-state index is 4.58. The van der Waals surface area contributed by atoms with Crippen molar-refractivity contribution in [2.24, 2.45) is 4.99 Å². The van der Waals surface area contributed by atoms with Gasteiger partial charge in [-0.3, -0.25) is 0 Å². The van der Waals surface area contributed by atoms with E-state index in [1.165, 1.54) is 21.6 Å². The number of thioether (sulfide) groups is 1. The standard InChI is InChI=1S/C11H9NS/c1-2-5-9-8(4-1)11-10(12-9)6-3-7-13-11/h1-2,4-6H,3,7H2. The van der Waals surface area contributed by atoms with Crippen LogP contribution in [0.3, 0.4) is 0 Å². The van der Waals surface area contributed by atoms with Crippen molar-refractivity contribution in [3.63, 3.8) is 0 Å². The minimum Gasteiger partial charge on any atom is -0.248 e. The molecular formula is C11H9NS. The van der Waals surface area contributed by atoms with Gasteiger partial charge in [-0.1, -0.05) is 24.3 Å². The van der Waals surface area contributed by atoms with Crippen molar-refractivity contribution in [2.45, 2.75) is 6.42 Å². The van der Waals surface area contributed by atoms with Gasteiger partial charge in [0.25, 0.3) is 0 Å². The summed E-state index contributed by atoms with van der Waals surface area (Å²) in [5.41, 5.74) is 1.19. The van der Waals surface area contributed by atoms with E-state index in [-0.39, 0.29) is 0 Å². The summed E-state index contributed by atoms with van der Waals surface area (Å²) in [6.07, 6.45) is 3.40. The normalized spacial score (nSPS) is 18.8. The monoisotopic (exact) mass is 187 g/mol. The number of hydrogen-bond acceptors (Lipinski definition) is 2. The van der Waals surface area contributed by atoms with Crippen molar-refractivity contribution < 1.29 is 0 Å². The van der Waals surface area contributed by atoms with Crippen LogP contribution in [0.2, 0.25) is 0 Å². The largest absolute Gasteiger partial charge is 0.248 e. The molecule has 2 aliphatic heterocycles. The average Bonchev–Trinajstić information content (AvgIpc) is 2.56. The van der Waals surface area contributed by atoms with Gasteiger partial charge in [-0.05, 0) is 12.5 Å². The molecule has 0 aliphatic carbocycles. The molecule has 2 heteroatoms. The van der Waals surface area contributed by atoms with E-state index < -0.39 is 0 Å². The molecule has 1 nitrogen and oxygen atoms in total. The number of allylic oxidation sites excluding steroid dienone is 1. The fourth-order valence-electron chi connectivity index (χ4n) is 1.73. The number of rotatable bonds is 0. The van der Waals surface area contributed by atoms with Crippen LogP contribution in [0.25, 0.3) is 4.91 Å². The van der Waals surface area contributed by atoms with Crippen LogP contribution in [0, 0.1) is 0 Å². The summed E-state index contributed by atoms with van der Waals surface area (Å²) < 4.78 is 0. The lowest BCUT2D eigenvalue weighted by Crippen LogP contribution is -2.21. The average molecular weight is 187 g/mol. The van der Waals surface area contributed by atoms with Gasteiger partial charge in [0.2, 0.25) is 0 Å². The van der Waals surface area contributed by atoms with Gasteiger partial charge in [0.05, 0.1) is 11.1 Å². The number of para-hydroxylation sites is 1. The molecule has 0 saturated heterocycles. The third-order valence-electron chi connectivity index (χ3n) is 2.32. The summed E-state index contributed by atoms with van der Waals surface area (Å²) in [6, 6.07) is 8.38. The molecule has 2 heterocycles. The molecule has 0 bridgehead atoms. The van der Waals surface area contributed by atoms with E-state index in [0.717, 1.165) is 11.8 Å². The zero-order valence-corrected chi connectivity index (χ0v) is 7.97. The molecule has 0 aromatic heterocycles. The van der Waals surface area contributed by atoms with Crippen LogP contribution in [-0.4, -0.2) is 5.75 Å². The van der Waals surface area contributed by atoms with E-state index in [4.69, 9.17) is 0 Å². The van der Waals surface area contributed by atoms with Crippen LogP contribution in [0.15, 0.2) is 41.0 Å². The van der Waals surface area contributed by atoms with Gasteiger partial charge >= 0.3 is 0 Å². The van der Waals surface area contributed by atoms with Crippen LogP contribution in [0.5, 0.6) is 0 Å². The molecular weight excluding hydrogens is 178 g/mol. The highest BCUT2D eigenvalue weighted by Gasteiger charge is 2.15. The molecule has 2 aliphatic rings. The molecule has 0 N–H and O–H groups in total. The fourth-order valence-corrected chi connectivity index (χ4v) is 2.77. The summed E-state index contributed by atoms with van der Waals surface area (Å²) >= 11 is 1.93. The second kappa shape index (κ2) is 2.74. The molecule has 0 spiro atoms. The van der Waals surface area contributed by atoms with Gasteiger partial charge in [0.1, 0.15) is 0 Å². The molecule has 3 rings (SSSR count). The Morgan fingerprint density at radius 1 is 1.23 bits per heavy atom. The Labute approximate surface area is 80.9 Å².